The van der Waals surface area contributed by atoms with Crippen molar-refractivity contribution >= 4 is 59.1 Å². The maximum absolute atomic E-state index is 14.2. The molecular formula is C42H65F5N6O13. The van der Waals surface area contributed by atoms with Crippen molar-refractivity contribution in [3.63, 3.8) is 0 Å². The minimum absolute atomic E-state index is 0.0745. The number of alkyl halides is 5. The number of rotatable bonds is 30. The zero-order valence-electron chi connectivity index (χ0n) is 37.8. The molecule has 0 radical (unpaired) electrons. The van der Waals surface area contributed by atoms with Crippen LogP contribution in [0, 0.1) is 17.8 Å². The van der Waals surface area contributed by atoms with Crippen molar-refractivity contribution in [1.82, 2.24) is 31.9 Å². The van der Waals surface area contributed by atoms with Crippen LogP contribution in [0.25, 0.3) is 0 Å². The number of carbonyl (C=O) groups excluding carboxylic acids is 7. The van der Waals surface area contributed by atoms with Gasteiger partial charge in [-0.05, 0) is 49.9 Å². The first-order chi connectivity index (χ1) is 30.6. The number of hydrogen-bond donors (Lipinski definition) is 9. The highest BCUT2D eigenvalue weighted by Gasteiger charge is 2.64. The predicted octanol–water partition coefficient (Wildman–Crippen LogP) is 3.12. The molecule has 24 heteroatoms. The van der Waals surface area contributed by atoms with Gasteiger partial charge in [0.1, 0.15) is 30.2 Å². The lowest BCUT2D eigenvalue weighted by Gasteiger charge is -2.32. The number of carboxylic acids is 3. The molecule has 0 aromatic carbocycles. The molecule has 1 aliphatic carbocycles. The van der Waals surface area contributed by atoms with E-state index in [-0.39, 0.29) is 37.5 Å². The summed E-state index contributed by atoms with van der Waals surface area (Å²) >= 11 is 0. The van der Waals surface area contributed by atoms with Crippen LogP contribution in [0.3, 0.4) is 0 Å². The summed E-state index contributed by atoms with van der Waals surface area (Å²) in [6.07, 6.45) is -6.90. The average molecular weight is 957 g/mol. The largest absolute Gasteiger partial charge is 0.481 e. The summed E-state index contributed by atoms with van der Waals surface area (Å²) in [5, 5.41) is 41.5. The third-order valence-corrected chi connectivity index (χ3v) is 11.1. The smallest absolute Gasteiger partial charge is 0.461 e. The Morgan fingerprint density at radius 3 is 1.47 bits per heavy atom. The van der Waals surface area contributed by atoms with Crippen LogP contribution in [-0.4, -0.2) is 123 Å². The maximum atomic E-state index is 14.2. The van der Waals surface area contributed by atoms with Gasteiger partial charge in [-0.1, -0.05) is 79.6 Å². The predicted molar refractivity (Wildman–Crippen MR) is 223 cm³/mol. The van der Waals surface area contributed by atoms with Gasteiger partial charge in [-0.15, -0.1) is 0 Å². The molecule has 0 bridgehead atoms. The van der Waals surface area contributed by atoms with Crippen molar-refractivity contribution in [1.29, 1.82) is 0 Å². The van der Waals surface area contributed by atoms with Crippen LogP contribution in [0.1, 0.15) is 137 Å². The van der Waals surface area contributed by atoms with E-state index >= 15 is 0 Å². The summed E-state index contributed by atoms with van der Waals surface area (Å²) in [6.45, 7) is 7.96. The fourth-order valence-electron chi connectivity index (χ4n) is 7.20. The second kappa shape index (κ2) is 27.9. The first kappa shape index (κ1) is 58.6. The molecular weight excluding hydrogens is 891 g/mol. The first-order valence-corrected chi connectivity index (χ1v) is 22.1. The molecule has 66 heavy (non-hydrogen) atoms. The van der Waals surface area contributed by atoms with E-state index in [1.807, 2.05) is 5.32 Å². The number of hydrogen-bond acceptors (Lipinski definition) is 10. The molecule has 9 N–H and O–H groups in total. The molecule has 1 rings (SSSR count). The third kappa shape index (κ3) is 20.4. The summed E-state index contributed by atoms with van der Waals surface area (Å²) in [6, 6.07) is -10.1. The standard InChI is InChI=1S/C42H65F5N6O13/c1-6-11-25(35(61)41(43,44)42(45,46)47)49-38(64)29(21-24-12-9-8-10-13-24)52-40(66)34(23(5)7-2)53-39(65)28(20-22(3)4)51-37(63)27(15-18-32(57)58)50-36(62)26(14-17-31(55)56)48-30(54)16-19-33(59)60/h22-29,34H,6-21H2,1-5H3,(H,48,54)(H,49,64)(H,50,62)(H,51,63)(H,52,66)(H,53,65)(H,55,56)(H,57,58)(H,59,60)/t23-,25?,26-,27+,28-,29-,34-/m0/s1. The average Bonchev–Trinajstić information content (AvgIpc) is 3.22. The van der Waals surface area contributed by atoms with E-state index in [4.69, 9.17) is 5.11 Å². The molecule has 6 amide bonds. The first-order valence-electron chi connectivity index (χ1n) is 22.1. The second-order valence-electron chi connectivity index (χ2n) is 17.1. The van der Waals surface area contributed by atoms with E-state index in [1.165, 1.54) is 6.92 Å². The third-order valence-electron chi connectivity index (χ3n) is 11.1. The van der Waals surface area contributed by atoms with Gasteiger partial charge < -0.3 is 47.2 Å². The summed E-state index contributed by atoms with van der Waals surface area (Å²) in [7, 11) is 0. The Morgan fingerprint density at radius 1 is 0.545 bits per heavy atom. The molecule has 0 saturated heterocycles. The summed E-state index contributed by atoms with van der Waals surface area (Å²) in [5.74, 6) is -20.0. The molecule has 1 aliphatic rings. The topological polar surface area (TPSA) is 304 Å². The van der Waals surface area contributed by atoms with Crippen LogP contribution in [0.4, 0.5) is 22.0 Å². The molecule has 0 aromatic rings. The number of nitrogens with one attached hydrogen (secondary N) is 6. The van der Waals surface area contributed by atoms with E-state index in [2.05, 4.69) is 26.6 Å². The molecule has 0 aromatic heterocycles. The second-order valence-corrected chi connectivity index (χ2v) is 17.1. The Balaban J connectivity index is 3.50. The number of halogens is 5. The van der Waals surface area contributed by atoms with Crippen LogP contribution < -0.4 is 31.9 Å². The van der Waals surface area contributed by atoms with E-state index in [0.717, 1.165) is 19.3 Å². The molecule has 0 heterocycles. The molecule has 7 atom stereocenters. The van der Waals surface area contributed by atoms with E-state index < -0.39 is 158 Å². The Morgan fingerprint density at radius 2 is 1.00 bits per heavy atom. The molecule has 1 unspecified atom stereocenters. The van der Waals surface area contributed by atoms with E-state index in [1.54, 1.807) is 27.7 Å². The molecule has 0 aliphatic heterocycles. The van der Waals surface area contributed by atoms with Crippen LogP contribution in [-0.2, 0) is 47.9 Å². The van der Waals surface area contributed by atoms with Crippen molar-refractivity contribution in [2.45, 2.75) is 186 Å². The van der Waals surface area contributed by atoms with Gasteiger partial charge in [0, 0.05) is 19.3 Å². The highest BCUT2D eigenvalue weighted by atomic mass is 19.4. The Bertz CT molecular complexity index is 1710. The molecule has 19 nitrogen and oxygen atoms in total. The number of carboxylic acid groups (broad SMARTS) is 3. The van der Waals surface area contributed by atoms with Gasteiger partial charge in [0.2, 0.25) is 41.2 Å². The van der Waals surface area contributed by atoms with Gasteiger partial charge in [0.05, 0.1) is 12.5 Å². The number of aliphatic carboxylic acids is 3. The van der Waals surface area contributed by atoms with Crippen LogP contribution in [0.15, 0.2) is 0 Å². The van der Waals surface area contributed by atoms with Crippen LogP contribution >= 0.6 is 0 Å². The normalized spacial score (nSPS) is 16.5. The van der Waals surface area contributed by atoms with Gasteiger partial charge in [-0.3, -0.25) is 47.9 Å². The zero-order valence-corrected chi connectivity index (χ0v) is 37.8. The van der Waals surface area contributed by atoms with Crippen molar-refractivity contribution in [2.75, 3.05) is 0 Å². The molecule has 376 valence electrons. The lowest BCUT2D eigenvalue weighted by atomic mass is 9.84. The van der Waals surface area contributed by atoms with Gasteiger partial charge in [-0.2, -0.15) is 22.0 Å². The highest BCUT2D eigenvalue weighted by molar-refractivity contribution is 5.98. The monoisotopic (exact) mass is 956 g/mol. The van der Waals surface area contributed by atoms with Crippen LogP contribution in [0.5, 0.6) is 0 Å². The zero-order chi connectivity index (χ0) is 50.5. The molecule has 1 fully saturated rings. The Hall–Kier alpha value is -5.45. The SMILES string of the molecule is CCCC(NC(=O)[C@H](CC1CCCCC1)NC(=O)[C@@H](NC(=O)[C@H](CC(C)C)NC(=O)[C@@H](CCC(=O)O)NC(=O)[C@H](CCC(=O)O)NC(=O)CCC(=O)O)[C@@H](C)CC)C(=O)C(F)(F)C(F)(F)F. The van der Waals surface area contributed by atoms with Crippen molar-refractivity contribution in [2.24, 2.45) is 17.8 Å². The van der Waals surface area contributed by atoms with E-state index in [0.29, 0.717) is 12.8 Å². The Labute approximate surface area is 379 Å². The van der Waals surface area contributed by atoms with Gasteiger partial charge in [0.25, 0.3) is 0 Å². The molecule has 1 saturated carbocycles. The van der Waals surface area contributed by atoms with Gasteiger partial charge in [0.15, 0.2) is 0 Å². The number of ketones is 1. The summed E-state index contributed by atoms with van der Waals surface area (Å²) in [5.41, 5.74) is 0. The summed E-state index contributed by atoms with van der Waals surface area (Å²) < 4.78 is 68.0. The lowest BCUT2D eigenvalue weighted by Crippen LogP contribution is -2.61. The van der Waals surface area contributed by atoms with Crippen molar-refractivity contribution in [3.05, 3.63) is 0 Å². The van der Waals surface area contributed by atoms with Crippen molar-refractivity contribution in [3.8, 4) is 0 Å². The number of Topliss-reactive ketones (excluding diaryl/α,β-unsaturated/α-hetero) is 1. The molecule has 0 spiro atoms. The number of amides is 6. The minimum atomic E-state index is -6.24. The summed E-state index contributed by atoms with van der Waals surface area (Å²) in [4.78, 5) is 128. The van der Waals surface area contributed by atoms with Gasteiger partial charge in [-0.25, -0.2) is 0 Å². The Kier molecular flexibility index (Phi) is 24.8. The highest BCUT2D eigenvalue weighted by Crippen LogP contribution is 2.37. The van der Waals surface area contributed by atoms with E-state index in [9.17, 15) is 80.1 Å². The van der Waals surface area contributed by atoms with Crippen molar-refractivity contribution < 1.29 is 85.2 Å². The fourth-order valence-corrected chi connectivity index (χ4v) is 7.20. The number of carbonyl (C=O) groups is 10. The lowest BCUT2D eigenvalue weighted by molar-refractivity contribution is -0.269. The van der Waals surface area contributed by atoms with Crippen LogP contribution in [0.2, 0.25) is 0 Å². The van der Waals surface area contributed by atoms with Gasteiger partial charge >= 0.3 is 30.0 Å². The quantitative estimate of drug-likeness (QED) is 0.0469. The fraction of sp³-hybridized carbons (Fsp3) is 0.762. The maximum Gasteiger partial charge on any atom is 0.461 e. The minimum Gasteiger partial charge on any atom is -0.481 e.